The summed E-state index contributed by atoms with van der Waals surface area (Å²) in [5, 5.41) is 31.5. The van der Waals surface area contributed by atoms with Crippen molar-refractivity contribution in [3.8, 4) is 0 Å². The monoisotopic (exact) mass is 973 g/mol. The van der Waals surface area contributed by atoms with Gasteiger partial charge in [-0.25, -0.2) is 9.78 Å². The van der Waals surface area contributed by atoms with Crippen LogP contribution in [0.15, 0.2) is 133 Å². The van der Waals surface area contributed by atoms with Crippen LogP contribution in [0.1, 0.15) is 89.9 Å². The summed E-state index contributed by atoms with van der Waals surface area (Å²) in [5.74, 6) is -0.801. The van der Waals surface area contributed by atoms with Gasteiger partial charge in [0.15, 0.2) is 0 Å². The molecule has 5 aromatic carbocycles. The fourth-order valence-corrected chi connectivity index (χ4v) is 10.7. The number of halogens is 2. The van der Waals surface area contributed by atoms with Gasteiger partial charge in [0.1, 0.15) is 6.61 Å². The fraction of sp³-hybridized carbons (Fsp3) is 0.339. The molecule has 1 aromatic heterocycles. The predicted molar refractivity (Wildman–Crippen MR) is 277 cm³/mol. The highest BCUT2D eigenvalue weighted by molar-refractivity contribution is 7.99. The van der Waals surface area contributed by atoms with E-state index in [1.54, 1.807) is 0 Å². The van der Waals surface area contributed by atoms with Gasteiger partial charge in [-0.2, -0.15) is 11.8 Å². The Morgan fingerprint density at radius 2 is 1.46 bits per heavy atom. The summed E-state index contributed by atoms with van der Waals surface area (Å²) in [6.07, 6.45) is 8.02. The highest BCUT2D eigenvalue weighted by atomic mass is 35.5. The Morgan fingerprint density at radius 1 is 0.779 bits per heavy atom. The van der Waals surface area contributed by atoms with Crippen LogP contribution in [-0.4, -0.2) is 93.7 Å². The van der Waals surface area contributed by atoms with Crippen LogP contribution in [0.3, 0.4) is 0 Å². The van der Waals surface area contributed by atoms with E-state index in [1.165, 1.54) is 16.7 Å². The Kier molecular flexibility index (Phi) is 17.9. The first kappa shape index (κ1) is 50.8. The number of aromatic nitrogens is 1. The highest BCUT2D eigenvalue weighted by Crippen LogP contribution is 2.53. The van der Waals surface area contributed by atoms with Crippen LogP contribution in [0.25, 0.3) is 23.1 Å². The van der Waals surface area contributed by atoms with Gasteiger partial charge in [0.2, 0.25) is 0 Å². The third-order valence-corrected chi connectivity index (χ3v) is 14.9. The molecule has 3 N–H and O–H groups in total. The number of fused-ring (bicyclic) bond motifs is 1. The average molecular weight is 975 g/mol. The first-order valence-electron chi connectivity index (χ1n) is 23.3. The molecule has 1 aliphatic heterocycles. The quantitative estimate of drug-likeness (QED) is 0.0637. The molecular weight excluding hydrogens is 914 g/mol. The maximum absolute atomic E-state index is 11.5. The largest absolute Gasteiger partial charge is 0.481 e. The Hall–Kier alpha value is -5.04. The van der Waals surface area contributed by atoms with E-state index in [4.69, 9.17) is 38.0 Å². The van der Waals surface area contributed by atoms with Crippen molar-refractivity contribution in [1.29, 1.82) is 0 Å². The summed E-state index contributed by atoms with van der Waals surface area (Å²) >= 11 is 14.1. The summed E-state index contributed by atoms with van der Waals surface area (Å²) in [6, 6.07) is 45.3. The van der Waals surface area contributed by atoms with Crippen molar-refractivity contribution < 1.29 is 29.6 Å². The number of ether oxygens (including phenoxy) is 1. The number of aryl methyl sites for hydroxylation is 1. The summed E-state index contributed by atoms with van der Waals surface area (Å²) in [6.45, 7) is 8.41. The van der Waals surface area contributed by atoms with Crippen LogP contribution >= 0.6 is 35.0 Å². The summed E-state index contributed by atoms with van der Waals surface area (Å²) in [5.41, 5.74) is 7.67. The van der Waals surface area contributed by atoms with Crippen LogP contribution in [0, 0.1) is 5.41 Å². The standard InChI is InChI=1S/C35H36ClNO3S.C21H25ClN2O3/c1-34(2,40)30-9-4-3-7-25(30)13-17-32(41-23-35(18-19-35)22-33(38)39)27-8-5-6-24(20-27)10-15-29-16-12-26-11-14-28(36)21-31(26)37-29;22-19-8-6-18(7-9-19)21(17-4-2-1-3-5-17)24-12-10-23(11-13-24)14-15-27-16-20(25)26/h3-12,14-16,20-21,32,40H,13,17-19,22-23H2,1-2H3,(H,38,39);1-9,21H,10-16H2,(H,25,26)/b15-10+;/t32-;/m1./s1. The van der Waals surface area contributed by atoms with Gasteiger partial charge in [0, 0.05) is 59.2 Å². The molecule has 356 valence electrons. The first-order valence-corrected chi connectivity index (χ1v) is 25.1. The molecule has 6 aromatic rings. The molecule has 0 amide bonds. The minimum Gasteiger partial charge on any atom is -0.481 e. The number of carboxylic acid groups (broad SMARTS) is 2. The summed E-state index contributed by atoms with van der Waals surface area (Å²) in [4.78, 5) is 31.5. The zero-order chi connectivity index (χ0) is 48.1. The topological polar surface area (TPSA) is 123 Å². The molecule has 1 saturated heterocycles. The van der Waals surface area contributed by atoms with Gasteiger partial charge >= 0.3 is 11.9 Å². The number of hydrogen-bond acceptors (Lipinski definition) is 8. The van der Waals surface area contributed by atoms with E-state index in [1.807, 2.05) is 92.3 Å². The summed E-state index contributed by atoms with van der Waals surface area (Å²) < 4.78 is 5.15. The van der Waals surface area contributed by atoms with E-state index in [0.717, 1.165) is 102 Å². The Balaban J connectivity index is 0.000000220. The Labute approximate surface area is 414 Å². The Morgan fingerprint density at radius 3 is 2.16 bits per heavy atom. The van der Waals surface area contributed by atoms with Gasteiger partial charge in [-0.1, -0.05) is 132 Å². The van der Waals surface area contributed by atoms with Crippen LogP contribution in [0.2, 0.25) is 10.0 Å². The lowest BCUT2D eigenvalue weighted by Crippen LogP contribution is -2.48. The average Bonchev–Trinajstić information content (AvgIpc) is 4.09. The van der Waals surface area contributed by atoms with Crippen molar-refractivity contribution in [2.24, 2.45) is 5.41 Å². The number of benzene rings is 5. The SMILES string of the molecule is CC(C)(O)c1ccccc1CC[C@@H](SCC1(CC(=O)O)CC1)c1cccc(/C=C/c2ccc3ccc(Cl)cc3n2)c1.O=C(O)COCCN1CCN(C(c2ccccc2)c2ccc(Cl)cc2)CC1. The molecule has 12 heteroatoms. The van der Waals surface area contributed by atoms with Crippen molar-refractivity contribution in [2.75, 3.05) is 51.7 Å². The number of thioether (sulfide) groups is 1. The normalized spacial score (nSPS) is 16.0. The number of pyridine rings is 1. The molecule has 0 bridgehead atoms. The fourth-order valence-electron chi connectivity index (χ4n) is 8.85. The lowest BCUT2D eigenvalue weighted by molar-refractivity contribution is -0.142. The molecule has 2 atom stereocenters. The maximum Gasteiger partial charge on any atom is 0.329 e. The number of piperazine rings is 1. The molecule has 2 fully saturated rings. The van der Waals surface area contributed by atoms with Crippen LogP contribution in [0.5, 0.6) is 0 Å². The van der Waals surface area contributed by atoms with E-state index >= 15 is 0 Å². The molecule has 0 radical (unpaired) electrons. The number of carboxylic acids is 2. The van der Waals surface area contributed by atoms with Crippen LogP contribution < -0.4 is 0 Å². The minimum atomic E-state index is -0.923. The predicted octanol–water partition coefficient (Wildman–Crippen LogP) is 12.1. The zero-order valence-corrected chi connectivity index (χ0v) is 41.1. The third-order valence-electron chi connectivity index (χ3n) is 12.7. The van der Waals surface area contributed by atoms with E-state index in [9.17, 15) is 19.8 Å². The number of aliphatic carboxylic acids is 2. The smallest absolute Gasteiger partial charge is 0.329 e. The van der Waals surface area contributed by atoms with Crippen LogP contribution in [-0.2, 0) is 26.3 Å². The van der Waals surface area contributed by atoms with E-state index in [-0.39, 0.29) is 29.7 Å². The van der Waals surface area contributed by atoms with Gasteiger partial charge in [-0.05, 0) is 115 Å². The molecule has 2 aliphatic rings. The third kappa shape index (κ3) is 15.0. The number of nitrogens with zero attached hydrogens (tertiary/aromatic N) is 3. The second-order valence-corrected chi connectivity index (χ2v) is 20.5. The molecule has 1 saturated carbocycles. The number of carbonyl (C=O) groups is 2. The molecule has 9 nitrogen and oxygen atoms in total. The van der Waals surface area contributed by atoms with Gasteiger partial charge in [0.05, 0.1) is 35.9 Å². The molecular formula is C56H61Cl2N3O6S. The second kappa shape index (κ2) is 24.0. The van der Waals surface area contributed by atoms with Gasteiger partial charge in [0.25, 0.3) is 0 Å². The molecule has 1 aliphatic carbocycles. The molecule has 1 unspecified atom stereocenters. The van der Waals surface area contributed by atoms with Gasteiger partial charge < -0.3 is 20.1 Å². The van der Waals surface area contributed by atoms with Gasteiger partial charge in [-0.15, -0.1) is 0 Å². The lowest BCUT2D eigenvalue weighted by Gasteiger charge is -2.39. The van der Waals surface area contributed by atoms with E-state index in [2.05, 4.69) is 88.7 Å². The van der Waals surface area contributed by atoms with Crippen LogP contribution in [0.4, 0.5) is 0 Å². The lowest BCUT2D eigenvalue weighted by atomic mass is 9.90. The van der Waals surface area contributed by atoms with Crippen molar-refractivity contribution in [1.82, 2.24) is 14.8 Å². The number of hydrogen-bond donors (Lipinski definition) is 3. The highest BCUT2D eigenvalue weighted by Gasteiger charge is 2.44. The van der Waals surface area contributed by atoms with E-state index in [0.29, 0.717) is 11.6 Å². The maximum atomic E-state index is 11.5. The Bertz CT molecular complexity index is 2630. The van der Waals surface area contributed by atoms with Crippen molar-refractivity contribution in [2.45, 2.75) is 62.8 Å². The molecule has 68 heavy (non-hydrogen) atoms. The first-order chi connectivity index (χ1) is 32.7. The van der Waals surface area contributed by atoms with Crippen molar-refractivity contribution in [3.05, 3.63) is 183 Å². The number of rotatable bonds is 20. The second-order valence-electron chi connectivity index (χ2n) is 18.4. The molecule has 2 heterocycles. The molecule has 0 spiro atoms. The van der Waals surface area contributed by atoms with E-state index < -0.39 is 17.5 Å². The zero-order valence-electron chi connectivity index (χ0n) is 38.8. The van der Waals surface area contributed by atoms with Crippen molar-refractivity contribution in [3.63, 3.8) is 0 Å². The minimum absolute atomic E-state index is 0.0814. The summed E-state index contributed by atoms with van der Waals surface area (Å²) in [7, 11) is 0. The molecule has 8 rings (SSSR count). The van der Waals surface area contributed by atoms with Gasteiger partial charge in [-0.3, -0.25) is 14.6 Å². The van der Waals surface area contributed by atoms with Crippen molar-refractivity contribution >= 4 is 70.0 Å². The number of aliphatic hydroxyl groups is 1.